The molecule has 0 aliphatic heterocycles. The van der Waals surface area contributed by atoms with Crippen molar-refractivity contribution in [2.75, 3.05) is 13.7 Å². The fourth-order valence-electron chi connectivity index (χ4n) is 4.97. The molecule has 40 heavy (non-hydrogen) atoms. The maximum absolute atomic E-state index is 13.5. The van der Waals surface area contributed by atoms with E-state index in [4.69, 9.17) is 9.47 Å². The Labute approximate surface area is 242 Å². The molecule has 0 aliphatic carbocycles. The number of methoxy groups -OCH3 is 1. The van der Waals surface area contributed by atoms with E-state index in [0.29, 0.717) is 31.0 Å². The van der Waals surface area contributed by atoms with E-state index in [1.165, 1.54) is 57.8 Å². The van der Waals surface area contributed by atoms with E-state index in [1.807, 2.05) is 65.7 Å². The Morgan fingerprint density at radius 3 is 2.10 bits per heavy atom. The number of pyridine rings is 1. The summed E-state index contributed by atoms with van der Waals surface area (Å²) in [5, 5.41) is 0. The predicted molar refractivity (Wildman–Crippen MR) is 163 cm³/mol. The highest BCUT2D eigenvalue weighted by molar-refractivity contribution is 5.94. The van der Waals surface area contributed by atoms with E-state index < -0.39 is 0 Å². The van der Waals surface area contributed by atoms with Crippen LogP contribution >= 0.6 is 0 Å². The first-order chi connectivity index (χ1) is 19.6. The van der Waals surface area contributed by atoms with Gasteiger partial charge in [-0.2, -0.15) is 0 Å². The van der Waals surface area contributed by atoms with Gasteiger partial charge in [0.25, 0.3) is 5.91 Å². The van der Waals surface area contributed by atoms with Gasteiger partial charge in [-0.1, -0.05) is 89.0 Å². The molecule has 0 spiro atoms. The monoisotopic (exact) mass is 545 g/mol. The van der Waals surface area contributed by atoms with Crippen molar-refractivity contribution in [3.63, 3.8) is 0 Å². The first kappa shape index (κ1) is 31.2. The van der Waals surface area contributed by atoms with Gasteiger partial charge in [0.2, 0.25) is 0 Å². The van der Waals surface area contributed by atoms with Crippen LogP contribution in [0.25, 0.3) is 0 Å². The number of hydrogen-bond donors (Lipinski definition) is 0. The summed E-state index contributed by atoms with van der Waals surface area (Å²) in [5.41, 5.74) is 2.79. The molecule has 0 unspecified atom stereocenters. The van der Waals surface area contributed by atoms with Gasteiger partial charge in [-0.05, 0) is 49.2 Å². The lowest BCUT2D eigenvalue weighted by atomic mass is 10.1. The fraction of sp³-hybridized carbons (Fsp3) is 0.486. The number of aromatic nitrogens is 1. The molecule has 1 aromatic heterocycles. The van der Waals surface area contributed by atoms with Crippen LogP contribution in [-0.2, 0) is 19.6 Å². The van der Waals surface area contributed by atoms with Crippen LogP contribution in [0.2, 0.25) is 0 Å². The van der Waals surface area contributed by atoms with E-state index in [2.05, 4.69) is 30.7 Å². The number of carbonyl (C=O) groups is 1. The maximum Gasteiger partial charge on any atom is 0.254 e. The zero-order valence-electron chi connectivity index (χ0n) is 24.9. The smallest absolute Gasteiger partial charge is 0.254 e. The third-order valence-corrected chi connectivity index (χ3v) is 7.32. The molecule has 3 rings (SSSR count). The van der Waals surface area contributed by atoms with E-state index >= 15 is 0 Å². The molecule has 0 aliphatic rings. The van der Waals surface area contributed by atoms with Crippen LogP contribution in [0, 0.1) is 0 Å². The lowest BCUT2D eigenvalue weighted by Gasteiger charge is -2.23. The summed E-state index contributed by atoms with van der Waals surface area (Å²) in [7, 11) is 1.67. The van der Waals surface area contributed by atoms with Crippen molar-refractivity contribution in [2.24, 2.45) is 0 Å². The number of amides is 1. The predicted octanol–water partition coefficient (Wildman–Crippen LogP) is 8.14. The topological polar surface area (TPSA) is 42.7 Å². The second-order valence-electron chi connectivity index (χ2n) is 10.6. The summed E-state index contributed by atoms with van der Waals surface area (Å²) in [6, 6.07) is 19.6. The van der Waals surface area contributed by atoms with Crippen LogP contribution < -0.4 is 14.0 Å². The van der Waals surface area contributed by atoms with Gasteiger partial charge in [0.05, 0.1) is 20.3 Å². The molecule has 0 N–H and O–H groups in total. The van der Waals surface area contributed by atoms with E-state index in [-0.39, 0.29) is 5.91 Å². The molecule has 3 aromatic rings. The van der Waals surface area contributed by atoms with Crippen LogP contribution in [0.1, 0.15) is 99.5 Å². The molecule has 0 saturated carbocycles. The number of hydrogen-bond acceptors (Lipinski definition) is 3. The Bertz CT molecular complexity index is 1130. The third-order valence-electron chi connectivity index (χ3n) is 7.32. The van der Waals surface area contributed by atoms with E-state index in [9.17, 15) is 4.79 Å². The number of carbonyl (C=O) groups excluding carboxylic acids is 1. The van der Waals surface area contributed by atoms with Gasteiger partial charge in [0.15, 0.2) is 23.9 Å². The summed E-state index contributed by atoms with van der Waals surface area (Å²) < 4.78 is 13.9. The molecule has 1 amide bonds. The minimum Gasteiger partial charge on any atom is -0.493 e. The molecule has 216 valence electrons. The molecular formula is C35H49N2O3+. The Morgan fingerprint density at radius 2 is 1.43 bits per heavy atom. The molecule has 2 aromatic carbocycles. The van der Waals surface area contributed by atoms with Crippen LogP contribution in [0.4, 0.5) is 0 Å². The second-order valence-corrected chi connectivity index (χ2v) is 10.6. The molecule has 0 atom stereocenters. The van der Waals surface area contributed by atoms with Crippen LogP contribution in [-0.4, -0.2) is 24.5 Å². The molecule has 0 radical (unpaired) electrons. The zero-order chi connectivity index (χ0) is 28.4. The van der Waals surface area contributed by atoms with E-state index in [1.54, 1.807) is 7.11 Å². The van der Waals surface area contributed by atoms with Gasteiger partial charge >= 0.3 is 0 Å². The average Bonchev–Trinajstić information content (AvgIpc) is 3.00. The average molecular weight is 546 g/mol. The lowest BCUT2D eigenvalue weighted by Crippen LogP contribution is -2.34. The van der Waals surface area contributed by atoms with Crippen molar-refractivity contribution in [1.29, 1.82) is 0 Å². The number of ether oxygens (including phenoxy) is 2. The Kier molecular flexibility index (Phi) is 14.1. The highest BCUT2D eigenvalue weighted by Gasteiger charge is 2.19. The summed E-state index contributed by atoms with van der Waals surface area (Å²) in [4.78, 5) is 15.4. The Hall–Kier alpha value is -3.34. The molecule has 0 fully saturated rings. The molecule has 5 heteroatoms. The normalized spacial score (nSPS) is 10.9. The molecule has 1 heterocycles. The number of aryl methyl sites for hydroxylation is 1. The minimum absolute atomic E-state index is 0.00718. The minimum atomic E-state index is 0.00718. The second kappa shape index (κ2) is 18.1. The molecular weight excluding hydrogens is 496 g/mol. The largest absolute Gasteiger partial charge is 0.493 e. The van der Waals surface area contributed by atoms with Gasteiger partial charge in [-0.15, -0.1) is 0 Å². The summed E-state index contributed by atoms with van der Waals surface area (Å²) in [6.07, 6.45) is 17.2. The van der Waals surface area contributed by atoms with Crippen molar-refractivity contribution in [3.8, 4) is 11.5 Å². The van der Waals surface area contributed by atoms with Gasteiger partial charge in [-0.25, -0.2) is 4.57 Å². The summed E-state index contributed by atoms with van der Waals surface area (Å²) >= 11 is 0. The number of unbranched alkanes of at least 4 members (excludes halogenated alkanes) is 9. The van der Waals surface area contributed by atoms with Crippen molar-refractivity contribution in [3.05, 3.63) is 89.7 Å². The van der Waals surface area contributed by atoms with Crippen LogP contribution in [0.3, 0.4) is 0 Å². The highest BCUT2D eigenvalue weighted by Crippen LogP contribution is 2.29. The number of rotatable bonds is 19. The number of benzene rings is 2. The molecule has 0 saturated heterocycles. The number of nitrogens with zero attached hydrogens (tertiary/aromatic N) is 2. The molecule has 5 nitrogen and oxygen atoms in total. The SMILES string of the molecule is CCCCCCCCCCCCOc1ccc(CN(Cc2ccc[n+](CC)c2)C(=O)c2ccccc2)cc1OC. The Balaban J connectivity index is 1.56. The van der Waals surface area contributed by atoms with Gasteiger partial charge < -0.3 is 14.4 Å². The van der Waals surface area contributed by atoms with Crippen LogP contribution in [0.15, 0.2) is 73.1 Å². The van der Waals surface area contributed by atoms with Gasteiger partial charge in [0, 0.05) is 23.7 Å². The first-order valence-corrected chi connectivity index (χ1v) is 15.3. The summed E-state index contributed by atoms with van der Waals surface area (Å²) in [6.45, 7) is 6.96. The molecule has 0 bridgehead atoms. The van der Waals surface area contributed by atoms with Gasteiger partial charge in [-0.3, -0.25) is 4.79 Å². The Morgan fingerprint density at radius 1 is 0.750 bits per heavy atom. The summed E-state index contributed by atoms with van der Waals surface area (Å²) in [5.74, 6) is 1.48. The van der Waals surface area contributed by atoms with E-state index in [0.717, 1.165) is 29.8 Å². The fourth-order valence-corrected chi connectivity index (χ4v) is 4.97. The van der Waals surface area contributed by atoms with Crippen molar-refractivity contribution in [1.82, 2.24) is 4.90 Å². The maximum atomic E-state index is 13.5. The standard InChI is InChI=1S/C35H49N2O3/c1-4-6-7-8-9-10-11-12-13-17-25-40-33-23-22-30(26-34(33)39-3)28-37(35(38)32-20-15-14-16-21-32)29-31-19-18-24-36(5-2)27-31/h14-16,18-24,26-27H,4-13,17,25,28-29H2,1-3H3/q+1. The highest BCUT2D eigenvalue weighted by atomic mass is 16.5. The van der Waals surface area contributed by atoms with Crippen molar-refractivity contribution >= 4 is 5.91 Å². The van der Waals surface area contributed by atoms with Crippen molar-refractivity contribution < 1.29 is 18.8 Å². The third kappa shape index (κ3) is 10.7. The zero-order valence-corrected chi connectivity index (χ0v) is 24.9. The van der Waals surface area contributed by atoms with Gasteiger partial charge in [0.1, 0.15) is 6.54 Å². The van der Waals surface area contributed by atoms with Crippen LogP contribution in [0.5, 0.6) is 11.5 Å². The van der Waals surface area contributed by atoms with Crippen molar-refractivity contribution in [2.45, 2.75) is 97.7 Å². The lowest BCUT2D eigenvalue weighted by molar-refractivity contribution is -0.694. The quantitative estimate of drug-likeness (QED) is 0.113. The first-order valence-electron chi connectivity index (χ1n) is 15.3.